The van der Waals surface area contributed by atoms with E-state index in [-0.39, 0.29) is 31.1 Å². The van der Waals surface area contributed by atoms with Gasteiger partial charge in [0.1, 0.15) is 19.3 Å². The van der Waals surface area contributed by atoms with Gasteiger partial charge in [0.2, 0.25) is 5.91 Å². The number of fused-ring (bicyclic) bond motifs is 3. The largest absolute Gasteiger partial charge is 0.480 e. The Morgan fingerprint density at radius 3 is 2.18 bits per heavy atom. The fourth-order valence-corrected chi connectivity index (χ4v) is 4.58. The molecule has 0 unspecified atom stereocenters. The number of benzene rings is 2. The van der Waals surface area contributed by atoms with Crippen LogP contribution in [0.4, 0.5) is 4.79 Å². The van der Waals surface area contributed by atoms with Crippen molar-refractivity contribution in [1.82, 2.24) is 10.2 Å². The minimum Gasteiger partial charge on any atom is -0.480 e. The van der Waals surface area contributed by atoms with Gasteiger partial charge in [0, 0.05) is 19.0 Å². The van der Waals surface area contributed by atoms with Crippen molar-refractivity contribution in [3.05, 3.63) is 59.7 Å². The lowest BCUT2D eigenvalue weighted by Gasteiger charge is -2.33. The Labute approximate surface area is 192 Å². The molecule has 1 aliphatic carbocycles. The highest BCUT2D eigenvalue weighted by Crippen LogP contribution is 2.44. The topological polar surface area (TPSA) is 105 Å². The SMILES string of the molecule is C[C@H](NC(=O)OCC1c2ccccc2-c2ccccc21)C(=O)N1CCC(OCC(=O)O)CC1. The minimum atomic E-state index is -1.01. The van der Waals surface area contributed by atoms with E-state index in [4.69, 9.17) is 14.6 Å². The van der Waals surface area contributed by atoms with Crippen molar-refractivity contribution in [2.45, 2.75) is 37.8 Å². The monoisotopic (exact) mass is 452 g/mol. The predicted octanol–water partition coefficient (Wildman–Crippen LogP) is 3.01. The van der Waals surface area contributed by atoms with E-state index in [9.17, 15) is 14.4 Å². The van der Waals surface area contributed by atoms with Crippen molar-refractivity contribution in [2.24, 2.45) is 0 Å². The van der Waals surface area contributed by atoms with Crippen molar-refractivity contribution in [1.29, 1.82) is 0 Å². The number of alkyl carbamates (subject to hydrolysis) is 1. The molecule has 0 aromatic heterocycles. The van der Waals surface area contributed by atoms with Gasteiger partial charge in [-0.15, -0.1) is 0 Å². The fourth-order valence-electron chi connectivity index (χ4n) is 4.58. The molecule has 0 saturated carbocycles. The van der Waals surface area contributed by atoms with Gasteiger partial charge in [-0.1, -0.05) is 48.5 Å². The van der Waals surface area contributed by atoms with Gasteiger partial charge in [0.25, 0.3) is 0 Å². The number of nitrogens with one attached hydrogen (secondary N) is 1. The van der Waals surface area contributed by atoms with Crippen LogP contribution in [-0.2, 0) is 19.1 Å². The van der Waals surface area contributed by atoms with Crippen LogP contribution in [0, 0.1) is 0 Å². The third-order valence-corrected chi connectivity index (χ3v) is 6.24. The number of hydrogen-bond donors (Lipinski definition) is 2. The standard InChI is InChI=1S/C25H28N2O6/c1-16(24(30)27-12-10-17(11-13-27)32-15-23(28)29)26-25(31)33-14-22-20-8-4-2-6-18(20)19-7-3-5-9-21(19)22/h2-9,16-17,22H,10-15H2,1H3,(H,26,31)(H,28,29)/t16-/m0/s1. The average Bonchev–Trinajstić information content (AvgIpc) is 3.15. The number of carbonyl (C=O) groups excluding carboxylic acids is 2. The summed E-state index contributed by atoms with van der Waals surface area (Å²) in [6, 6.07) is 15.5. The van der Waals surface area contributed by atoms with Crippen molar-refractivity contribution >= 4 is 18.0 Å². The summed E-state index contributed by atoms with van der Waals surface area (Å²) in [4.78, 5) is 37.4. The summed E-state index contributed by atoms with van der Waals surface area (Å²) in [5, 5.41) is 11.3. The molecule has 4 rings (SSSR count). The second kappa shape index (κ2) is 10.0. The molecule has 0 radical (unpaired) electrons. The van der Waals surface area contributed by atoms with E-state index < -0.39 is 18.1 Å². The second-order valence-corrected chi connectivity index (χ2v) is 8.42. The first-order valence-corrected chi connectivity index (χ1v) is 11.2. The Morgan fingerprint density at radius 1 is 1.03 bits per heavy atom. The third-order valence-electron chi connectivity index (χ3n) is 6.24. The van der Waals surface area contributed by atoms with Crippen molar-refractivity contribution in [3.8, 4) is 11.1 Å². The fraction of sp³-hybridized carbons (Fsp3) is 0.400. The van der Waals surface area contributed by atoms with Crippen molar-refractivity contribution < 1.29 is 29.0 Å². The summed E-state index contributed by atoms with van der Waals surface area (Å²) >= 11 is 0. The number of likely N-dealkylation sites (tertiary alicyclic amines) is 1. The molecule has 2 N–H and O–H groups in total. The normalized spacial score (nSPS) is 16.6. The van der Waals surface area contributed by atoms with Gasteiger partial charge >= 0.3 is 12.1 Å². The number of aliphatic carboxylic acids is 1. The van der Waals surface area contributed by atoms with Crippen LogP contribution in [0.3, 0.4) is 0 Å². The maximum atomic E-state index is 12.7. The van der Waals surface area contributed by atoms with Crippen LogP contribution < -0.4 is 5.32 Å². The molecule has 1 aliphatic heterocycles. The first-order valence-electron chi connectivity index (χ1n) is 11.2. The van der Waals surface area contributed by atoms with Crippen LogP contribution in [0.2, 0.25) is 0 Å². The van der Waals surface area contributed by atoms with E-state index in [1.807, 2.05) is 24.3 Å². The van der Waals surface area contributed by atoms with Crippen molar-refractivity contribution in [2.75, 3.05) is 26.3 Å². The number of nitrogens with zero attached hydrogens (tertiary/aromatic N) is 1. The minimum absolute atomic E-state index is 0.0426. The molecular weight excluding hydrogens is 424 g/mol. The molecule has 33 heavy (non-hydrogen) atoms. The summed E-state index contributed by atoms with van der Waals surface area (Å²) in [6.45, 7) is 2.40. The Balaban J connectivity index is 1.27. The lowest BCUT2D eigenvalue weighted by Crippen LogP contribution is -2.50. The van der Waals surface area contributed by atoms with Crippen LogP contribution in [-0.4, -0.2) is 66.4 Å². The summed E-state index contributed by atoms with van der Waals surface area (Å²) in [5.41, 5.74) is 4.56. The molecule has 2 aliphatic rings. The molecule has 1 atom stereocenters. The molecule has 8 nitrogen and oxygen atoms in total. The van der Waals surface area contributed by atoms with Gasteiger partial charge in [-0.25, -0.2) is 9.59 Å². The number of ether oxygens (including phenoxy) is 2. The van der Waals surface area contributed by atoms with Gasteiger partial charge in [-0.3, -0.25) is 4.79 Å². The van der Waals surface area contributed by atoms with E-state index >= 15 is 0 Å². The molecule has 2 aromatic carbocycles. The highest BCUT2D eigenvalue weighted by atomic mass is 16.5. The number of carbonyl (C=O) groups is 3. The molecule has 1 fully saturated rings. The number of carboxylic acid groups (broad SMARTS) is 1. The van der Waals surface area contributed by atoms with Crippen LogP contribution in [0.1, 0.15) is 36.8 Å². The predicted molar refractivity (Wildman–Crippen MR) is 121 cm³/mol. The second-order valence-electron chi connectivity index (χ2n) is 8.42. The first-order chi connectivity index (χ1) is 15.9. The van der Waals surface area contributed by atoms with Gasteiger partial charge in [-0.2, -0.15) is 0 Å². The van der Waals surface area contributed by atoms with Gasteiger partial charge < -0.3 is 24.8 Å². The first kappa shape index (κ1) is 22.8. The maximum absolute atomic E-state index is 12.7. The highest BCUT2D eigenvalue weighted by Gasteiger charge is 2.30. The molecule has 2 amide bonds. The van der Waals surface area contributed by atoms with Gasteiger partial charge in [0.05, 0.1) is 6.10 Å². The lowest BCUT2D eigenvalue weighted by atomic mass is 9.98. The average molecular weight is 453 g/mol. The molecule has 1 heterocycles. The van der Waals surface area contributed by atoms with E-state index in [0.717, 1.165) is 22.3 Å². The van der Waals surface area contributed by atoms with E-state index in [1.165, 1.54) is 0 Å². The highest BCUT2D eigenvalue weighted by molar-refractivity contribution is 5.85. The molecule has 0 bridgehead atoms. The summed E-state index contributed by atoms with van der Waals surface area (Å²) < 4.78 is 10.8. The van der Waals surface area contributed by atoms with Gasteiger partial charge in [-0.05, 0) is 42.0 Å². The number of hydrogen-bond acceptors (Lipinski definition) is 5. The zero-order chi connectivity index (χ0) is 23.4. The third kappa shape index (κ3) is 5.17. The van der Waals surface area contributed by atoms with Crippen LogP contribution >= 0.6 is 0 Å². The van der Waals surface area contributed by atoms with Crippen LogP contribution in [0.25, 0.3) is 11.1 Å². The smallest absolute Gasteiger partial charge is 0.407 e. The molecule has 1 saturated heterocycles. The zero-order valence-corrected chi connectivity index (χ0v) is 18.5. The molecule has 2 aromatic rings. The molecular formula is C25H28N2O6. The Bertz CT molecular complexity index is 986. The zero-order valence-electron chi connectivity index (χ0n) is 18.5. The van der Waals surface area contributed by atoms with Crippen LogP contribution in [0.15, 0.2) is 48.5 Å². The van der Waals surface area contributed by atoms with E-state index in [1.54, 1.807) is 11.8 Å². The number of carboxylic acids is 1. The van der Waals surface area contributed by atoms with E-state index in [2.05, 4.69) is 29.6 Å². The van der Waals surface area contributed by atoms with Crippen molar-refractivity contribution in [3.63, 3.8) is 0 Å². The quantitative estimate of drug-likeness (QED) is 0.669. The van der Waals surface area contributed by atoms with E-state index in [0.29, 0.717) is 25.9 Å². The Morgan fingerprint density at radius 2 is 1.61 bits per heavy atom. The maximum Gasteiger partial charge on any atom is 0.407 e. The number of rotatable bonds is 7. The number of amides is 2. The summed E-state index contributed by atoms with van der Waals surface area (Å²) in [6.07, 6.45) is 0.334. The molecule has 174 valence electrons. The molecule has 0 spiro atoms. The Hall–Kier alpha value is -3.39. The van der Waals surface area contributed by atoms with Gasteiger partial charge in [0.15, 0.2) is 0 Å². The van der Waals surface area contributed by atoms with Crippen LogP contribution in [0.5, 0.6) is 0 Å². The lowest BCUT2D eigenvalue weighted by molar-refractivity contribution is -0.147. The Kier molecular flexibility index (Phi) is 6.93. The summed E-state index contributed by atoms with van der Waals surface area (Å²) in [7, 11) is 0. The summed E-state index contributed by atoms with van der Waals surface area (Å²) in [5.74, 6) is -1.24. The number of piperidine rings is 1. The molecule has 8 heteroatoms.